The summed E-state index contributed by atoms with van der Waals surface area (Å²) >= 11 is 0. The summed E-state index contributed by atoms with van der Waals surface area (Å²) in [5.41, 5.74) is 8.42. The summed E-state index contributed by atoms with van der Waals surface area (Å²) in [4.78, 5) is 44.1. The Kier molecular flexibility index (Phi) is 5.30. The number of primary amides is 1. The number of aromatic amines is 1. The van der Waals surface area contributed by atoms with Crippen molar-refractivity contribution in [3.05, 3.63) is 78.0 Å². The molecular formula is C22H20N4O4. The highest BCUT2D eigenvalue weighted by Gasteiger charge is 2.32. The number of amides is 2. The first-order valence-electron chi connectivity index (χ1n) is 9.49. The number of rotatable bonds is 7. The van der Waals surface area contributed by atoms with Crippen molar-refractivity contribution in [2.75, 3.05) is 0 Å². The Morgan fingerprint density at radius 3 is 2.93 bits per heavy atom. The van der Waals surface area contributed by atoms with Gasteiger partial charge < -0.3 is 20.8 Å². The van der Waals surface area contributed by atoms with Crippen LogP contribution in [0.15, 0.2) is 72.4 Å². The smallest absolute Gasteiger partial charge is 0.287 e. The Hall–Kier alpha value is -3.94. The number of ketones is 1. The zero-order valence-electron chi connectivity index (χ0n) is 16.0. The number of hydrogen-bond donors (Lipinski definition) is 3. The summed E-state index contributed by atoms with van der Waals surface area (Å²) < 4.78 is 5.63. The molecule has 0 saturated carbocycles. The molecule has 2 atom stereocenters. The Morgan fingerprint density at radius 1 is 1.30 bits per heavy atom. The van der Waals surface area contributed by atoms with Crippen molar-refractivity contribution in [3.8, 4) is 11.3 Å². The molecule has 152 valence electrons. The maximum Gasteiger partial charge on any atom is 0.287 e. The monoisotopic (exact) mass is 404 g/mol. The lowest BCUT2D eigenvalue weighted by molar-refractivity contribution is -0.137. The molecule has 8 heteroatoms. The largest absolute Gasteiger partial charge is 0.493 e. The highest BCUT2D eigenvalue weighted by Crippen LogP contribution is 2.33. The SMILES string of the molecule is NC(=O)C(=O)C(CC1=COC2CC=CC=C12)NC(=O)c1c[nH]cc1-c1ccccn1. The van der Waals surface area contributed by atoms with E-state index in [0.29, 0.717) is 16.8 Å². The van der Waals surface area contributed by atoms with Gasteiger partial charge in [0.1, 0.15) is 12.1 Å². The number of H-pyrrole nitrogens is 1. The third kappa shape index (κ3) is 3.80. The number of hydrogen-bond acceptors (Lipinski definition) is 5. The van der Waals surface area contributed by atoms with Crippen LogP contribution in [-0.4, -0.2) is 39.7 Å². The van der Waals surface area contributed by atoms with Crippen LogP contribution < -0.4 is 11.1 Å². The van der Waals surface area contributed by atoms with E-state index in [-0.39, 0.29) is 12.5 Å². The van der Waals surface area contributed by atoms with Crippen LogP contribution in [-0.2, 0) is 14.3 Å². The Balaban J connectivity index is 1.56. The number of carbonyl (C=O) groups excluding carboxylic acids is 3. The van der Waals surface area contributed by atoms with Crippen LogP contribution in [0.2, 0.25) is 0 Å². The first-order chi connectivity index (χ1) is 14.5. The molecule has 1 aliphatic heterocycles. The zero-order chi connectivity index (χ0) is 21.1. The molecule has 8 nitrogen and oxygen atoms in total. The number of carbonyl (C=O) groups is 3. The molecule has 0 spiro atoms. The van der Waals surface area contributed by atoms with Crippen LogP contribution in [0, 0.1) is 0 Å². The molecule has 2 aromatic rings. The molecule has 1 aliphatic carbocycles. The molecule has 4 rings (SSSR count). The molecule has 3 heterocycles. The van der Waals surface area contributed by atoms with Crippen LogP contribution in [0.4, 0.5) is 0 Å². The second-order valence-corrected chi connectivity index (χ2v) is 7.01. The van der Waals surface area contributed by atoms with E-state index in [9.17, 15) is 14.4 Å². The number of pyridine rings is 1. The second-order valence-electron chi connectivity index (χ2n) is 7.01. The maximum atomic E-state index is 13.0. The first kappa shape index (κ1) is 19.4. The molecule has 4 N–H and O–H groups in total. The summed E-state index contributed by atoms with van der Waals surface area (Å²) in [6, 6.07) is 4.25. The van der Waals surface area contributed by atoms with Crippen LogP contribution >= 0.6 is 0 Å². The minimum atomic E-state index is -1.11. The number of nitrogens with two attached hydrogens (primary N) is 1. The summed E-state index contributed by atoms with van der Waals surface area (Å²) in [7, 11) is 0. The molecule has 0 radical (unpaired) electrons. The van der Waals surface area contributed by atoms with Crippen LogP contribution in [0.25, 0.3) is 11.3 Å². The van der Waals surface area contributed by atoms with Gasteiger partial charge in [0.2, 0.25) is 5.78 Å². The van der Waals surface area contributed by atoms with Gasteiger partial charge in [0.05, 0.1) is 17.5 Å². The van der Waals surface area contributed by atoms with Gasteiger partial charge in [-0.25, -0.2) is 0 Å². The molecule has 0 saturated heterocycles. The summed E-state index contributed by atoms with van der Waals surface area (Å²) in [6.45, 7) is 0. The fourth-order valence-corrected chi connectivity index (χ4v) is 3.57. The van der Waals surface area contributed by atoms with Gasteiger partial charge in [-0.15, -0.1) is 0 Å². The van der Waals surface area contributed by atoms with E-state index in [4.69, 9.17) is 10.5 Å². The van der Waals surface area contributed by atoms with Crippen molar-refractivity contribution in [1.29, 1.82) is 0 Å². The van der Waals surface area contributed by atoms with Crippen molar-refractivity contribution in [2.24, 2.45) is 5.73 Å². The lowest BCUT2D eigenvalue weighted by Gasteiger charge is -2.19. The first-order valence-corrected chi connectivity index (χ1v) is 9.49. The van der Waals surface area contributed by atoms with Crippen molar-refractivity contribution < 1.29 is 19.1 Å². The number of allylic oxidation sites excluding steroid dienone is 2. The molecule has 2 aliphatic rings. The number of nitrogens with one attached hydrogen (secondary N) is 2. The number of aromatic nitrogens is 2. The third-order valence-electron chi connectivity index (χ3n) is 5.07. The minimum Gasteiger partial charge on any atom is -0.493 e. The lowest BCUT2D eigenvalue weighted by atomic mass is 9.91. The van der Waals surface area contributed by atoms with Gasteiger partial charge in [0.25, 0.3) is 11.8 Å². The second kappa shape index (κ2) is 8.20. The zero-order valence-corrected chi connectivity index (χ0v) is 16.0. The van der Waals surface area contributed by atoms with Gasteiger partial charge in [-0.2, -0.15) is 0 Å². The highest BCUT2D eigenvalue weighted by molar-refractivity contribution is 6.38. The van der Waals surface area contributed by atoms with Crippen LogP contribution in [0.1, 0.15) is 23.2 Å². The number of nitrogens with zero attached hydrogens (tertiary/aromatic N) is 1. The molecule has 30 heavy (non-hydrogen) atoms. The van der Waals surface area contributed by atoms with Crippen LogP contribution in [0.3, 0.4) is 0 Å². The molecule has 2 aromatic heterocycles. The number of fused-ring (bicyclic) bond motifs is 1. The lowest BCUT2D eigenvalue weighted by Crippen LogP contribution is -2.46. The predicted octanol–water partition coefficient (Wildman–Crippen LogP) is 1.79. The standard InChI is InChI=1S/C22H20N4O4/c23-21(28)20(27)18(9-13-12-30-19-7-2-1-5-14(13)19)26-22(29)16-11-24-10-15(16)17-6-3-4-8-25-17/h1-6,8,10-12,18-19,24H,7,9H2,(H2,23,28)(H,26,29). The van der Waals surface area contributed by atoms with E-state index >= 15 is 0 Å². The molecule has 0 fully saturated rings. The van der Waals surface area contributed by atoms with Crippen molar-refractivity contribution in [1.82, 2.24) is 15.3 Å². The normalized spacial score (nSPS) is 17.9. The summed E-state index contributed by atoms with van der Waals surface area (Å²) in [6.07, 6.45) is 12.9. The third-order valence-corrected chi connectivity index (χ3v) is 5.07. The number of Topliss-reactive ketones (excluding diaryl/α,β-unsaturated/α-hetero) is 1. The highest BCUT2D eigenvalue weighted by atomic mass is 16.5. The quantitative estimate of drug-likeness (QED) is 0.606. The van der Waals surface area contributed by atoms with Gasteiger partial charge in [-0.1, -0.05) is 24.3 Å². The van der Waals surface area contributed by atoms with Gasteiger partial charge in [-0.05, 0) is 23.3 Å². The minimum absolute atomic E-state index is 0.104. The number of ether oxygens (including phenoxy) is 1. The Labute approximate surface area is 172 Å². The average Bonchev–Trinajstić information content (AvgIpc) is 3.41. The van der Waals surface area contributed by atoms with Crippen molar-refractivity contribution in [2.45, 2.75) is 25.0 Å². The van der Waals surface area contributed by atoms with E-state index in [1.54, 1.807) is 30.8 Å². The van der Waals surface area contributed by atoms with Crippen molar-refractivity contribution in [3.63, 3.8) is 0 Å². The Bertz CT molecular complexity index is 1080. The van der Waals surface area contributed by atoms with Gasteiger partial charge in [-0.3, -0.25) is 19.4 Å². The predicted molar refractivity (Wildman–Crippen MR) is 109 cm³/mol. The summed E-state index contributed by atoms with van der Waals surface area (Å²) in [5, 5.41) is 2.65. The van der Waals surface area contributed by atoms with E-state index in [0.717, 1.165) is 17.6 Å². The van der Waals surface area contributed by atoms with E-state index in [2.05, 4.69) is 15.3 Å². The fourth-order valence-electron chi connectivity index (χ4n) is 3.57. The van der Waals surface area contributed by atoms with Crippen LogP contribution in [0.5, 0.6) is 0 Å². The van der Waals surface area contributed by atoms with Gasteiger partial charge in [0, 0.05) is 37.0 Å². The van der Waals surface area contributed by atoms with E-state index in [1.165, 1.54) is 6.20 Å². The summed E-state index contributed by atoms with van der Waals surface area (Å²) in [5.74, 6) is -2.48. The van der Waals surface area contributed by atoms with Crippen molar-refractivity contribution >= 4 is 17.6 Å². The molecule has 0 bridgehead atoms. The molecule has 2 amide bonds. The fraction of sp³-hybridized carbons (Fsp3) is 0.182. The molecular weight excluding hydrogens is 384 g/mol. The molecule has 0 aromatic carbocycles. The van der Waals surface area contributed by atoms with E-state index < -0.39 is 23.6 Å². The topological polar surface area (TPSA) is 127 Å². The average molecular weight is 404 g/mol. The Morgan fingerprint density at radius 2 is 2.17 bits per heavy atom. The van der Waals surface area contributed by atoms with E-state index in [1.807, 2.05) is 24.3 Å². The maximum absolute atomic E-state index is 13.0. The van der Waals surface area contributed by atoms with Gasteiger partial charge >= 0.3 is 0 Å². The molecule has 2 unspecified atom stereocenters. The van der Waals surface area contributed by atoms with Gasteiger partial charge in [0.15, 0.2) is 0 Å².